The molecular weight excluding hydrogens is 373 g/mol. The summed E-state index contributed by atoms with van der Waals surface area (Å²) in [6.07, 6.45) is -3.56. The molecule has 0 unspecified atom stereocenters. The largest absolute Gasteiger partial charge is 0.507 e. The number of hydrogen-bond donors (Lipinski definition) is 3. The topological polar surface area (TPSA) is 82.2 Å². The molecule has 9 heteroatoms. The lowest BCUT2D eigenvalue weighted by molar-refractivity contribution is -0.138. The number of pyridine rings is 1. The van der Waals surface area contributed by atoms with E-state index in [0.717, 1.165) is 18.3 Å². The summed E-state index contributed by atoms with van der Waals surface area (Å²) in [5, 5.41) is 12.3. The van der Waals surface area contributed by atoms with Crippen LogP contribution in [0.4, 0.5) is 18.9 Å². The Morgan fingerprint density at radius 1 is 1.19 bits per heavy atom. The average molecular weight is 383 g/mol. The Labute approximate surface area is 149 Å². The number of amides is 1. The van der Waals surface area contributed by atoms with E-state index in [0.29, 0.717) is 16.6 Å². The molecule has 3 aromatic rings. The predicted octanol–water partition coefficient (Wildman–Crippen LogP) is 4.16. The van der Waals surface area contributed by atoms with Crippen LogP contribution >= 0.6 is 11.6 Å². The molecule has 0 atom stereocenters. The van der Waals surface area contributed by atoms with Gasteiger partial charge in [-0.3, -0.25) is 9.59 Å². The Kier molecular flexibility index (Phi) is 4.37. The second-order valence-electron chi connectivity index (χ2n) is 5.38. The molecule has 1 heterocycles. The van der Waals surface area contributed by atoms with Crippen molar-refractivity contribution in [2.75, 3.05) is 5.32 Å². The van der Waals surface area contributed by atoms with Gasteiger partial charge < -0.3 is 15.4 Å². The number of carbonyl (C=O) groups is 1. The molecule has 26 heavy (non-hydrogen) atoms. The van der Waals surface area contributed by atoms with Crippen molar-refractivity contribution < 1.29 is 23.1 Å². The third-order valence-electron chi connectivity index (χ3n) is 3.67. The minimum atomic E-state index is -4.72. The summed E-state index contributed by atoms with van der Waals surface area (Å²) in [6.45, 7) is 0. The van der Waals surface area contributed by atoms with Gasteiger partial charge in [0.25, 0.3) is 5.91 Å². The van der Waals surface area contributed by atoms with Crippen LogP contribution in [0.5, 0.6) is 5.75 Å². The number of nitrogens with one attached hydrogen (secondary N) is 2. The number of alkyl halides is 3. The molecule has 134 valence electrons. The number of fused-ring (bicyclic) bond motifs is 1. The van der Waals surface area contributed by atoms with Gasteiger partial charge in [0, 0.05) is 23.3 Å². The van der Waals surface area contributed by atoms with E-state index >= 15 is 0 Å². The highest BCUT2D eigenvalue weighted by molar-refractivity contribution is 6.35. The van der Waals surface area contributed by atoms with Crippen molar-refractivity contribution in [1.82, 2.24) is 4.98 Å². The number of phenolic OH excluding ortho intramolecular Hbond substituents is 1. The van der Waals surface area contributed by atoms with Gasteiger partial charge in [0.05, 0.1) is 16.1 Å². The number of carbonyl (C=O) groups excluding carboxylic acids is 1. The lowest BCUT2D eigenvalue weighted by Crippen LogP contribution is -2.22. The van der Waals surface area contributed by atoms with E-state index in [4.69, 9.17) is 11.6 Å². The zero-order valence-electron chi connectivity index (χ0n) is 12.8. The number of phenols is 1. The maximum Gasteiger partial charge on any atom is 0.419 e. The molecule has 3 N–H and O–H groups in total. The van der Waals surface area contributed by atoms with Crippen molar-refractivity contribution in [1.29, 1.82) is 0 Å². The fourth-order valence-corrected chi connectivity index (χ4v) is 2.66. The first kappa shape index (κ1) is 17.8. The lowest BCUT2D eigenvalue weighted by Gasteiger charge is -2.11. The fraction of sp³-hybridized carbons (Fsp3) is 0.0588. The van der Waals surface area contributed by atoms with Crippen LogP contribution in [0.25, 0.3) is 10.9 Å². The molecule has 0 fully saturated rings. The van der Waals surface area contributed by atoms with Crippen LogP contribution in [-0.2, 0) is 6.18 Å². The van der Waals surface area contributed by atoms with Crippen molar-refractivity contribution in [2.45, 2.75) is 6.18 Å². The molecule has 0 saturated heterocycles. The van der Waals surface area contributed by atoms with E-state index in [9.17, 15) is 27.9 Å². The number of H-pyrrole nitrogens is 1. The molecule has 1 amide bonds. The first-order chi connectivity index (χ1) is 12.2. The summed E-state index contributed by atoms with van der Waals surface area (Å²) in [5.74, 6) is -1.87. The second kappa shape index (κ2) is 6.38. The van der Waals surface area contributed by atoms with E-state index < -0.39 is 28.8 Å². The normalized spacial score (nSPS) is 11.5. The summed E-state index contributed by atoms with van der Waals surface area (Å²) in [6, 6.07) is 6.98. The number of aromatic amines is 1. The van der Waals surface area contributed by atoms with Crippen molar-refractivity contribution in [3.05, 3.63) is 69.0 Å². The van der Waals surface area contributed by atoms with Crippen LogP contribution in [0.2, 0.25) is 5.02 Å². The zero-order valence-corrected chi connectivity index (χ0v) is 13.6. The highest BCUT2D eigenvalue weighted by Gasteiger charge is 2.33. The SMILES string of the molecule is O=C(Nc1ccc(C(F)(F)F)c(O)c1)c1c[nH]c2c(Cl)cccc2c1=O. The summed E-state index contributed by atoms with van der Waals surface area (Å²) in [5.41, 5.74) is -1.79. The third kappa shape index (κ3) is 3.23. The van der Waals surface area contributed by atoms with E-state index in [1.54, 1.807) is 12.1 Å². The van der Waals surface area contributed by atoms with E-state index in [1.807, 2.05) is 0 Å². The molecule has 1 aromatic heterocycles. The number of aromatic hydroxyl groups is 1. The standard InChI is InChI=1S/C17H10ClF3N2O3/c18-12-3-1-2-9-14(12)22-7-10(15(9)25)16(26)23-8-4-5-11(13(24)6-8)17(19,20)21/h1-7,24H,(H,22,25)(H,23,26). The number of rotatable bonds is 2. The quantitative estimate of drug-likeness (QED) is 0.622. The van der Waals surface area contributed by atoms with Gasteiger partial charge in [0.2, 0.25) is 5.43 Å². The Balaban J connectivity index is 1.94. The van der Waals surface area contributed by atoms with E-state index in [1.165, 1.54) is 6.07 Å². The van der Waals surface area contributed by atoms with Crippen LogP contribution in [-0.4, -0.2) is 16.0 Å². The van der Waals surface area contributed by atoms with Crippen molar-refractivity contribution in [2.24, 2.45) is 0 Å². The van der Waals surface area contributed by atoms with Gasteiger partial charge in [-0.2, -0.15) is 13.2 Å². The van der Waals surface area contributed by atoms with Crippen molar-refractivity contribution in [3.63, 3.8) is 0 Å². The van der Waals surface area contributed by atoms with Gasteiger partial charge in [-0.15, -0.1) is 0 Å². The lowest BCUT2D eigenvalue weighted by atomic mass is 10.1. The Morgan fingerprint density at radius 3 is 2.58 bits per heavy atom. The van der Waals surface area contributed by atoms with Gasteiger partial charge >= 0.3 is 6.18 Å². The van der Waals surface area contributed by atoms with Crippen molar-refractivity contribution >= 4 is 34.1 Å². The first-order valence-corrected chi connectivity index (χ1v) is 7.58. The van der Waals surface area contributed by atoms with Gasteiger partial charge in [-0.05, 0) is 24.3 Å². The van der Waals surface area contributed by atoms with Gasteiger partial charge in [-0.25, -0.2) is 0 Å². The van der Waals surface area contributed by atoms with E-state index in [2.05, 4.69) is 10.3 Å². The number of anilines is 1. The van der Waals surface area contributed by atoms with Crippen LogP contribution in [0.15, 0.2) is 47.4 Å². The average Bonchev–Trinajstić information content (AvgIpc) is 2.54. The molecular formula is C17H10ClF3N2O3. The molecule has 0 aliphatic heterocycles. The fourth-order valence-electron chi connectivity index (χ4n) is 2.43. The Bertz CT molecular complexity index is 1080. The molecule has 2 aromatic carbocycles. The highest BCUT2D eigenvalue weighted by atomic mass is 35.5. The monoisotopic (exact) mass is 382 g/mol. The molecule has 5 nitrogen and oxygen atoms in total. The molecule has 3 rings (SSSR count). The predicted molar refractivity (Wildman–Crippen MR) is 90.6 cm³/mol. The minimum absolute atomic E-state index is 0.0916. The Hall–Kier alpha value is -3.00. The summed E-state index contributed by atoms with van der Waals surface area (Å²) in [7, 11) is 0. The summed E-state index contributed by atoms with van der Waals surface area (Å²) in [4.78, 5) is 27.5. The number of hydrogen-bond acceptors (Lipinski definition) is 3. The number of para-hydroxylation sites is 1. The summed E-state index contributed by atoms with van der Waals surface area (Å²) >= 11 is 5.97. The second-order valence-corrected chi connectivity index (χ2v) is 5.78. The summed E-state index contributed by atoms with van der Waals surface area (Å²) < 4.78 is 37.9. The number of benzene rings is 2. The smallest absolute Gasteiger partial charge is 0.419 e. The maximum atomic E-state index is 12.6. The number of halogens is 4. The van der Waals surface area contributed by atoms with Crippen molar-refractivity contribution in [3.8, 4) is 5.75 Å². The Morgan fingerprint density at radius 2 is 1.92 bits per heavy atom. The molecule has 0 aliphatic rings. The molecule has 0 saturated carbocycles. The van der Waals surface area contributed by atoms with Gasteiger partial charge in [-0.1, -0.05) is 17.7 Å². The van der Waals surface area contributed by atoms with Crippen LogP contribution < -0.4 is 10.7 Å². The molecule has 0 spiro atoms. The number of aromatic nitrogens is 1. The zero-order chi connectivity index (χ0) is 19.1. The molecule has 0 bridgehead atoms. The van der Waals surface area contributed by atoms with Gasteiger partial charge in [0.15, 0.2) is 0 Å². The highest BCUT2D eigenvalue weighted by Crippen LogP contribution is 2.36. The van der Waals surface area contributed by atoms with E-state index in [-0.39, 0.29) is 16.6 Å². The van der Waals surface area contributed by atoms with Crippen LogP contribution in [0.1, 0.15) is 15.9 Å². The molecule has 0 aliphatic carbocycles. The third-order valence-corrected chi connectivity index (χ3v) is 3.98. The van der Waals surface area contributed by atoms with Crippen LogP contribution in [0, 0.1) is 0 Å². The maximum absolute atomic E-state index is 12.6. The molecule has 0 radical (unpaired) electrons. The van der Waals surface area contributed by atoms with Crippen LogP contribution in [0.3, 0.4) is 0 Å². The van der Waals surface area contributed by atoms with Gasteiger partial charge in [0.1, 0.15) is 11.3 Å². The first-order valence-electron chi connectivity index (χ1n) is 7.20. The minimum Gasteiger partial charge on any atom is -0.507 e.